The van der Waals surface area contributed by atoms with Gasteiger partial charge in [0.25, 0.3) is 5.91 Å². The van der Waals surface area contributed by atoms with Gasteiger partial charge in [-0.1, -0.05) is 0 Å². The average molecular weight is 357 g/mol. The molecule has 2 aliphatic rings. The standard InChI is InChI=1S/C17H19N5O2S/c1-25-15-13(3-2-4-18-15)16(23)22-10-12-9-19-17(20-14(12)11-22)21-5-7-24-8-6-21/h2-4,9H,5-8,10-11H2,1H3. The SMILES string of the molecule is CSc1ncccc1C(=O)N1Cc2cnc(N3CCOCC3)nc2C1. The lowest BCUT2D eigenvalue weighted by Gasteiger charge is -2.26. The molecule has 4 rings (SSSR count). The Morgan fingerprint density at radius 1 is 1.24 bits per heavy atom. The van der Waals surface area contributed by atoms with E-state index >= 15 is 0 Å². The number of carbonyl (C=O) groups excluding carboxylic acids is 1. The van der Waals surface area contributed by atoms with Crippen molar-refractivity contribution in [3.05, 3.63) is 41.3 Å². The van der Waals surface area contributed by atoms with Gasteiger partial charge in [-0.2, -0.15) is 0 Å². The van der Waals surface area contributed by atoms with Crippen LogP contribution in [-0.4, -0.2) is 58.3 Å². The molecule has 1 saturated heterocycles. The number of morpholine rings is 1. The molecule has 1 fully saturated rings. The zero-order chi connectivity index (χ0) is 17.2. The number of ether oxygens (including phenoxy) is 1. The van der Waals surface area contributed by atoms with Crippen LogP contribution in [0.2, 0.25) is 0 Å². The second-order valence-electron chi connectivity index (χ2n) is 5.96. The van der Waals surface area contributed by atoms with Crippen molar-refractivity contribution in [1.82, 2.24) is 19.9 Å². The van der Waals surface area contributed by atoms with Gasteiger partial charge in [0.05, 0.1) is 31.0 Å². The highest BCUT2D eigenvalue weighted by Gasteiger charge is 2.28. The Morgan fingerprint density at radius 2 is 2.08 bits per heavy atom. The van der Waals surface area contributed by atoms with Crippen molar-refractivity contribution >= 4 is 23.6 Å². The quantitative estimate of drug-likeness (QED) is 0.773. The Morgan fingerprint density at radius 3 is 2.88 bits per heavy atom. The van der Waals surface area contributed by atoms with E-state index in [4.69, 9.17) is 9.72 Å². The van der Waals surface area contributed by atoms with Gasteiger partial charge < -0.3 is 14.5 Å². The number of aromatic nitrogens is 3. The molecular formula is C17H19N5O2S. The molecule has 0 atom stereocenters. The van der Waals surface area contributed by atoms with Crippen molar-refractivity contribution in [1.29, 1.82) is 0 Å². The first-order chi connectivity index (χ1) is 12.3. The fourth-order valence-electron chi connectivity index (χ4n) is 3.09. The van der Waals surface area contributed by atoms with Crippen molar-refractivity contribution in [3.8, 4) is 0 Å². The molecule has 2 aromatic heterocycles. The smallest absolute Gasteiger partial charge is 0.257 e. The fourth-order valence-corrected chi connectivity index (χ4v) is 3.63. The van der Waals surface area contributed by atoms with Gasteiger partial charge in [0, 0.05) is 37.6 Å². The number of hydrogen-bond acceptors (Lipinski definition) is 7. The van der Waals surface area contributed by atoms with Crippen molar-refractivity contribution in [3.63, 3.8) is 0 Å². The molecule has 2 aliphatic heterocycles. The zero-order valence-corrected chi connectivity index (χ0v) is 14.8. The minimum absolute atomic E-state index is 0.0108. The molecule has 0 saturated carbocycles. The fraction of sp³-hybridized carbons (Fsp3) is 0.412. The second kappa shape index (κ2) is 6.97. The lowest BCUT2D eigenvalue weighted by atomic mass is 10.2. The van der Waals surface area contributed by atoms with Gasteiger partial charge in [-0.25, -0.2) is 15.0 Å². The summed E-state index contributed by atoms with van der Waals surface area (Å²) in [5.41, 5.74) is 2.59. The molecule has 0 unspecified atom stereocenters. The molecule has 0 N–H and O–H groups in total. The third-order valence-electron chi connectivity index (χ3n) is 4.42. The number of thioether (sulfide) groups is 1. The summed E-state index contributed by atoms with van der Waals surface area (Å²) in [6, 6.07) is 3.63. The van der Waals surface area contributed by atoms with Crippen LogP contribution in [0.3, 0.4) is 0 Å². The molecule has 4 heterocycles. The largest absolute Gasteiger partial charge is 0.378 e. The van der Waals surface area contributed by atoms with Gasteiger partial charge in [0.15, 0.2) is 0 Å². The number of nitrogens with zero attached hydrogens (tertiary/aromatic N) is 5. The van der Waals surface area contributed by atoms with Gasteiger partial charge in [-0.05, 0) is 18.4 Å². The van der Waals surface area contributed by atoms with E-state index in [9.17, 15) is 4.79 Å². The van der Waals surface area contributed by atoms with Crippen LogP contribution in [0, 0.1) is 0 Å². The molecule has 1 amide bonds. The van der Waals surface area contributed by atoms with Crippen LogP contribution in [0.1, 0.15) is 21.6 Å². The van der Waals surface area contributed by atoms with Gasteiger partial charge in [0.2, 0.25) is 5.95 Å². The highest BCUT2D eigenvalue weighted by atomic mass is 32.2. The second-order valence-corrected chi connectivity index (χ2v) is 6.76. The van der Waals surface area contributed by atoms with Crippen molar-refractivity contribution in [2.24, 2.45) is 0 Å². The summed E-state index contributed by atoms with van der Waals surface area (Å²) in [5.74, 6) is 0.714. The minimum Gasteiger partial charge on any atom is -0.378 e. The summed E-state index contributed by atoms with van der Waals surface area (Å²) < 4.78 is 5.38. The van der Waals surface area contributed by atoms with Crippen LogP contribution < -0.4 is 4.90 Å². The Hall–Kier alpha value is -2.19. The third kappa shape index (κ3) is 3.19. The average Bonchev–Trinajstić information content (AvgIpc) is 3.11. The van der Waals surface area contributed by atoms with Gasteiger partial charge in [-0.3, -0.25) is 4.79 Å². The van der Waals surface area contributed by atoms with E-state index in [0.717, 1.165) is 35.3 Å². The van der Waals surface area contributed by atoms with Crippen LogP contribution in [0.5, 0.6) is 0 Å². The molecule has 0 aromatic carbocycles. The highest BCUT2D eigenvalue weighted by Crippen LogP contribution is 2.26. The lowest BCUT2D eigenvalue weighted by Crippen LogP contribution is -2.37. The Kier molecular flexibility index (Phi) is 4.54. The third-order valence-corrected chi connectivity index (χ3v) is 5.13. The maximum atomic E-state index is 12.9. The van der Waals surface area contributed by atoms with E-state index < -0.39 is 0 Å². The Bertz CT molecular complexity index is 794. The van der Waals surface area contributed by atoms with E-state index in [1.807, 2.05) is 18.5 Å². The molecule has 8 heteroatoms. The Balaban J connectivity index is 1.53. The van der Waals surface area contributed by atoms with Crippen molar-refractivity contribution in [2.45, 2.75) is 18.1 Å². The van der Waals surface area contributed by atoms with Gasteiger partial charge in [0.1, 0.15) is 5.03 Å². The lowest BCUT2D eigenvalue weighted by molar-refractivity contribution is 0.0746. The number of pyridine rings is 1. The van der Waals surface area contributed by atoms with E-state index in [-0.39, 0.29) is 5.91 Å². The summed E-state index contributed by atoms with van der Waals surface area (Å²) in [5, 5.41) is 0.753. The maximum Gasteiger partial charge on any atom is 0.257 e. The van der Waals surface area contributed by atoms with Crippen LogP contribution >= 0.6 is 11.8 Å². The van der Waals surface area contributed by atoms with E-state index in [2.05, 4.69) is 14.9 Å². The predicted octanol–water partition coefficient (Wildman–Crippen LogP) is 1.59. The molecule has 0 spiro atoms. The van der Waals surface area contributed by atoms with Crippen LogP contribution in [0.4, 0.5) is 5.95 Å². The summed E-state index contributed by atoms with van der Waals surface area (Å²) in [6.07, 6.45) is 5.48. The zero-order valence-electron chi connectivity index (χ0n) is 14.0. The first-order valence-electron chi connectivity index (χ1n) is 8.22. The molecule has 7 nitrogen and oxygen atoms in total. The molecule has 0 aliphatic carbocycles. The summed E-state index contributed by atoms with van der Waals surface area (Å²) in [6.45, 7) is 4.05. The normalized spacial score (nSPS) is 16.8. The summed E-state index contributed by atoms with van der Waals surface area (Å²) >= 11 is 1.48. The topological polar surface area (TPSA) is 71.5 Å². The number of rotatable bonds is 3. The molecule has 0 bridgehead atoms. The maximum absolute atomic E-state index is 12.9. The highest BCUT2D eigenvalue weighted by molar-refractivity contribution is 7.98. The summed E-state index contributed by atoms with van der Waals surface area (Å²) in [4.78, 5) is 30.3. The van der Waals surface area contributed by atoms with Gasteiger partial charge in [-0.15, -0.1) is 11.8 Å². The molecule has 2 aromatic rings. The predicted molar refractivity (Wildman–Crippen MR) is 94.7 cm³/mol. The minimum atomic E-state index is -0.0108. The number of anilines is 1. The van der Waals surface area contributed by atoms with E-state index in [1.54, 1.807) is 17.2 Å². The number of fused-ring (bicyclic) bond motifs is 1. The van der Waals surface area contributed by atoms with E-state index in [0.29, 0.717) is 31.9 Å². The molecule has 130 valence electrons. The number of amides is 1. The monoisotopic (exact) mass is 357 g/mol. The molecule has 0 radical (unpaired) electrons. The molecule has 25 heavy (non-hydrogen) atoms. The number of hydrogen-bond donors (Lipinski definition) is 0. The van der Waals surface area contributed by atoms with Crippen LogP contribution in [0.25, 0.3) is 0 Å². The van der Waals surface area contributed by atoms with Crippen LogP contribution in [0.15, 0.2) is 29.6 Å². The van der Waals surface area contributed by atoms with Gasteiger partial charge >= 0.3 is 0 Å². The Labute approximate surface area is 150 Å². The van der Waals surface area contributed by atoms with Crippen molar-refractivity contribution < 1.29 is 9.53 Å². The first kappa shape index (κ1) is 16.3. The van der Waals surface area contributed by atoms with Crippen molar-refractivity contribution in [2.75, 3.05) is 37.5 Å². The van der Waals surface area contributed by atoms with Crippen LogP contribution in [-0.2, 0) is 17.8 Å². The summed E-state index contributed by atoms with van der Waals surface area (Å²) in [7, 11) is 0. The molecular weight excluding hydrogens is 338 g/mol. The number of carbonyl (C=O) groups is 1. The first-order valence-corrected chi connectivity index (χ1v) is 9.44. The van der Waals surface area contributed by atoms with E-state index in [1.165, 1.54) is 11.8 Å².